The maximum absolute atomic E-state index is 11.6. The molecular weight excluding hydrogens is 242 g/mol. The van der Waals surface area contributed by atoms with E-state index in [0.29, 0.717) is 11.0 Å². The second-order valence-corrected chi connectivity index (χ2v) is 4.87. The number of hydrogen-bond donors (Lipinski definition) is 1. The number of rotatable bonds is 4. The van der Waals surface area contributed by atoms with Gasteiger partial charge < -0.3 is 9.52 Å². The fourth-order valence-electron chi connectivity index (χ4n) is 2.66. The molecule has 0 amide bonds. The molecule has 1 aromatic heterocycles. The molecule has 2 atom stereocenters. The van der Waals surface area contributed by atoms with Crippen LogP contribution >= 0.6 is 0 Å². The van der Waals surface area contributed by atoms with Gasteiger partial charge in [0.25, 0.3) is 0 Å². The van der Waals surface area contributed by atoms with Crippen LogP contribution < -0.4 is 16.3 Å². The first kappa shape index (κ1) is 14.0. The van der Waals surface area contributed by atoms with E-state index in [1.165, 1.54) is 6.07 Å². The molecule has 0 fully saturated rings. The van der Waals surface area contributed by atoms with E-state index >= 15 is 0 Å². The average Bonchev–Trinajstić information content (AvgIpc) is 2.38. The van der Waals surface area contributed by atoms with Crippen molar-refractivity contribution in [3.05, 3.63) is 32.7 Å². The molecule has 0 aromatic carbocycles. The van der Waals surface area contributed by atoms with Gasteiger partial charge >= 0.3 is 5.63 Å². The van der Waals surface area contributed by atoms with Crippen LogP contribution in [0.15, 0.2) is 15.3 Å². The smallest absolute Gasteiger partial charge is 0.336 e. The van der Waals surface area contributed by atoms with Gasteiger partial charge in [0.05, 0.1) is 6.10 Å². The van der Waals surface area contributed by atoms with Gasteiger partial charge in [-0.2, -0.15) is 0 Å². The summed E-state index contributed by atoms with van der Waals surface area (Å²) in [6, 6.07) is 1.64. The molecule has 0 aliphatic heterocycles. The molecular formula is C15H21NO3. The van der Waals surface area contributed by atoms with E-state index in [1.54, 1.807) is 6.92 Å². The molecule has 0 saturated heterocycles. The molecule has 0 spiro atoms. The Labute approximate surface area is 112 Å². The number of fused-ring (bicyclic) bond motifs is 1. The zero-order valence-electron chi connectivity index (χ0n) is 11.7. The zero-order chi connectivity index (χ0) is 14.0. The van der Waals surface area contributed by atoms with Crippen molar-refractivity contribution in [3.8, 4) is 0 Å². The summed E-state index contributed by atoms with van der Waals surface area (Å²) in [5.74, 6) is 0. The van der Waals surface area contributed by atoms with Gasteiger partial charge in [-0.1, -0.05) is 19.9 Å². The van der Waals surface area contributed by atoms with E-state index in [-0.39, 0.29) is 6.04 Å². The van der Waals surface area contributed by atoms with E-state index in [4.69, 9.17) is 4.42 Å². The maximum atomic E-state index is 11.6. The van der Waals surface area contributed by atoms with Crippen LogP contribution in [-0.2, 0) is 0 Å². The fraction of sp³-hybridized carbons (Fsp3) is 0.533. The van der Waals surface area contributed by atoms with Gasteiger partial charge in [-0.05, 0) is 38.1 Å². The standard InChI is InChI=1S/C15H21NO3/c1-4-16(5-2)11-6-7-12-13(10(3)17)9-15(18)19-14(12)8-11/h7-11,17H,4-6H2,1-3H3. The largest absolute Gasteiger partial charge is 0.423 e. The minimum atomic E-state index is -0.660. The summed E-state index contributed by atoms with van der Waals surface area (Å²) in [6.45, 7) is 7.83. The number of nitrogens with zero attached hydrogens (tertiary/aromatic N) is 1. The van der Waals surface area contributed by atoms with Crippen LogP contribution in [0.5, 0.6) is 0 Å². The number of hydrogen-bond acceptors (Lipinski definition) is 4. The summed E-state index contributed by atoms with van der Waals surface area (Å²) in [6.07, 6.45) is 4.27. The van der Waals surface area contributed by atoms with Crippen molar-refractivity contribution < 1.29 is 9.52 Å². The van der Waals surface area contributed by atoms with Crippen molar-refractivity contribution in [2.24, 2.45) is 0 Å². The second kappa shape index (κ2) is 5.72. The molecule has 1 aromatic rings. The Hall–Kier alpha value is -1.39. The van der Waals surface area contributed by atoms with Crippen molar-refractivity contribution in [2.45, 2.75) is 39.3 Å². The van der Waals surface area contributed by atoms with Crippen LogP contribution in [0.1, 0.15) is 38.9 Å². The van der Waals surface area contributed by atoms with Crippen molar-refractivity contribution in [2.75, 3.05) is 13.1 Å². The maximum Gasteiger partial charge on any atom is 0.336 e. The van der Waals surface area contributed by atoms with Crippen LogP contribution in [0.4, 0.5) is 0 Å². The van der Waals surface area contributed by atoms with Crippen LogP contribution in [0.3, 0.4) is 0 Å². The molecule has 4 heteroatoms. The van der Waals surface area contributed by atoms with E-state index in [0.717, 1.165) is 24.7 Å². The fourth-order valence-corrected chi connectivity index (χ4v) is 2.66. The highest BCUT2D eigenvalue weighted by Gasteiger charge is 2.17. The molecule has 1 N–H and O–H groups in total. The highest BCUT2D eigenvalue weighted by Crippen LogP contribution is 2.10. The number of aliphatic hydroxyl groups is 1. The van der Waals surface area contributed by atoms with Crippen LogP contribution in [0.2, 0.25) is 0 Å². The lowest BCUT2D eigenvalue weighted by Crippen LogP contribution is -2.42. The van der Waals surface area contributed by atoms with E-state index in [2.05, 4.69) is 24.8 Å². The summed E-state index contributed by atoms with van der Waals surface area (Å²) in [7, 11) is 0. The molecule has 4 nitrogen and oxygen atoms in total. The first-order valence-electron chi connectivity index (χ1n) is 6.85. The van der Waals surface area contributed by atoms with E-state index in [1.807, 2.05) is 6.08 Å². The molecule has 1 heterocycles. The summed E-state index contributed by atoms with van der Waals surface area (Å²) < 4.78 is 5.28. The van der Waals surface area contributed by atoms with Crippen LogP contribution in [-0.4, -0.2) is 29.1 Å². The third kappa shape index (κ3) is 2.80. The predicted molar refractivity (Wildman–Crippen MR) is 75.1 cm³/mol. The predicted octanol–water partition coefficient (Wildman–Crippen LogP) is 0.368. The van der Waals surface area contributed by atoms with Crippen LogP contribution in [0, 0.1) is 0 Å². The third-order valence-corrected chi connectivity index (χ3v) is 3.70. The van der Waals surface area contributed by atoms with E-state index in [9.17, 15) is 9.90 Å². The molecule has 0 bridgehead atoms. The van der Waals surface area contributed by atoms with E-state index < -0.39 is 11.7 Å². The Kier molecular flexibility index (Phi) is 4.22. The Morgan fingerprint density at radius 2 is 2.16 bits per heavy atom. The van der Waals surface area contributed by atoms with Gasteiger partial charge in [0.1, 0.15) is 5.42 Å². The first-order chi connectivity index (χ1) is 9.06. The molecule has 1 aliphatic rings. The lowest BCUT2D eigenvalue weighted by molar-refractivity contribution is 0.196. The topological polar surface area (TPSA) is 53.7 Å². The monoisotopic (exact) mass is 263 g/mol. The van der Waals surface area contributed by atoms with Gasteiger partial charge in [0.2, 0.25) is 0 Å². The molecule has 2 unspecified atom stereocenters. The highest BCUT2D eigenvalue weighted by atomic mass is 16.4. The average molecular weight is 263 g/mol. The molecule has 0 saturated carbocycles. The molecule has 0 radical (unpaired) electrons. The quantitative estimate of drug-likeness (QED) is 0.852. The Balaban J connectivity index is 2.55. The van der Waals surface area contributed by atoms with Crippen molar-refractivity contribution in [3.63, 3.8) is 0 Å². The van der Waals surface area contributed by atoms with Crippen molar-refractivity contribution in [1.82, 2.24) is 4.90 Å². The Morgan fingerprint density at radius 3 is 2.74 bits per heavy atom. The summed E-state index contributed by atoms with van der Waals surface area (Å²) in [5, 5.41) is 10.6. The summed E-state index contributed by atoms with van der Waals surface area (Å²) in [5.41, 5.74) is 0.839. The zero-order valence-corrected chi connectivity index (χ0v) is 11.7. The number of aliphatic hydroxyl groups excluding tert-OH is 1. The first-order valence-corrected chi connectivity index (χ1v) is 6.85. The van der Waals surface area contributed by atoms with Crippen molar-refractivity contribution >= 4 is 12.2 Å². The molecule has 2 rings (SSSR count). The third-order valence-electron chi connectivity index (χ3n) is 3.70. The molecule has 1 aliphatic carbocycles. The van der Waals surface area contributed by atoms with Crippen LogP contribution in [0.25, 0.3) is 12.2 Å². The minimum Gasteiger partial charge on any atom is -0.423 e. The SMILES string of the molecule is CCN(CC)C1C=c2oc(=O)cc(C(C)O)c2=CC1. The van der Waals surface area contributed by atoms with Gasteiger partial charge in [0, 0.05) is 17.3 Å². The van der Waals surface area contributed by atoms with Gasteiger partial charge in [-0.25, -0.2) is 4.79 Å². The second-order valence-electron chi connectivity index (χ2n) is 4.87. The Bertz CT molecular complexity index is 611. The summed E-state index contributed by atoms with van der Waals surface area (Å²) >= 11 is 0. The highest BCUT2D eigenvalue weighted by molar-refractivity contribution is 5.43. The lowest BCUT2D eigenvalue weighted by atomic mass is 10.0. The van der Waals surface area contributed by atoms with Gasteiger partial charge in [-0.3, -0.25) is 4.90 Å². The van der Waals surface area contributed by atoms with Gasteiger partial charge in [-0.15, -0.1) is 0 Å². The normalized spacial score (nSPS) is 19.5. The molecule has 19 heavy (non-hydrogen) atoms. The summed E-state index contributed by atoms with van der Waals surface area (Å²) in [4.78, 5) is 13.9. The lowest BCUT2D eigenvalue weighted by Gasteiger charge is -2.27. The minimum absolute atomic E-state index is 0.259. The van der Waals surface area contributed by atoms with Gasteiger partial charge in [0.15, 0.2) is 0 Å². The molecule has 104 valence electrons. The Morgan fingerprint density at radius 1 is 1.47 bits per heavy atom. The van der Waals surface area contributed by atoms with Crippen molar-refractivity contribution in [1.29, 1.82) is 0 Å².